The normalized spacial score (nSPS) is 12.2. The second-order valence-electron chi connectivity index (χ2n) is 21.5. The van der Waals surface area contributed by atoms with Crippen LogP contribution in [0, 0.1) is 0 Å². The number of rotatable bonds is 11. The smallest absolute Gasteiger partial charge is 0.0714 e. The molecule has 1 heteroatoms. The molecule has 0 aliphatic heterocycles. The summed E-state index contributed by atoms with van der Waals surface area (Å²) in [6.45, 7) is 0. The average molecular weight is 1040 g/mol. The highest BCUT2D eigenvalue weighted by atomic mass is 15.1. The van der Waals surface area contributed by atoms with Crippen molar-refractivity contribution in [2.45, 2.75) is 5.41 Å². The van der Waals surface area contributed by atoms with Gasteiger partial charge in [0, 0.05) is 22.3 Å². The van der Waals surface area contributed by atoms with E-state index in [1.807, 2.05) is 0 Å². The highest BCUT2D eigenvalue weighted by molar-refractivity contribution is 6.22. The van der Waals surface area contributed by atoms with Crippen LogP contribution in [-0.4, -0.2) is 0 Å². The third kappa shape index (κ3) is 8.25. The Morgan fingerprint density at radius 2 is 0.585 bits per heavy atom. The van der Waals surface area contributed by atoms with Gasteiger partial charge >= 0.3 is 0 Å². The second kappa shape index (κ2) is 20.6. The Morgan fingerprint density at radius 1 is 0.207 bits per heavy atom. The number of anilines is 3. The summed E-state index contributed by atoms with van der Waals surface area (Å²) in [6, 6.07) is 123. The molecular weight excluding hydrogens is 987 g/mol. The van der Waals surface area contributed by atoms with E-state index in [1.165, 1.54) is 105 Å². The predicted molar refractivity (Wildman–Crippen MR) is 346 cm³/mol. The molecule has 82 heavy (non-hydrogen) atoms. The Balaban J connectivity index is 0.942. The largest absolute Gasteiger partial charge is 0.309 e. The quantitative estimate of drug-likeness (QED) is 0.117. The first-order chi connectivity index (χ1) is 40.7. The molecule has 1 aliphatic carbocycles. The number of nitrogens with zero attached hydrogens (tertiary/aromatic N) is 1. The molecule has 0 saturated heterocycles. The van der Waals surface area contributed by atoms with Gasteiger partial charge in [-0.3, -0.25) is 0 Å². The summed E-state index contributed by atoms with van der Waals surface area (Å²) >= 11 is 0. The lowest BCUT2D eigenvalue weighted by Crippen LogP contribution is -2.28. The standard InChI is InChI=1S/C81H55N/c1-5-22-56(23-6-1)63-26-21-27-64(54-63)59-42-40-57(41-43-59)58-48-50-67(51-49-58)82(68-52-53-74-73-36-19-20-39-77(73)81(78(74)55-68,65-28-9-3-10-29-65)66-30-11-4-12-31-66)80-76-38-18-16-35-72(76)71-34-15-17-37-75(71)79(80)62-46-44-61(45-47-62)70-33-14-13-32-69(70)60-24-7-2-8-25-60/h1-55H. The maximum absolute atomic E-state index is 2.55. The van der Waals surface area contributed by atoms with Gasteiger partial charge in [-0.05, 0) is 141 Å². The fraction of sp³-hybridized carbons (Fsp3) is 0.0123. The zero-order valence-electron chi connectivity index (χ0n) is 45.2. The molecule has 0 N–H and O–H groups in total. The molecular formula is C81H55N. The van der Waals surface area contributed by atoms with Crippen molar-refractivity contribution in [3.8, 4) is 77.9 Å². The lowest BCUT2D eigenvalue weighted by atomic mass is 9.67. The highest BCUT2D eigenvalue weighted by Gasteiger charge is 2.46. The fourth-order valence-electron chi connectivity index (χ4n) is 13.2. The van der Waals surface area contributed by atoms with Gasteiger partial charge in [-0.1, -0.05) is 303 Å². The lowest BCUT2D eigenvalue weighted by molar-refractivity contribution is 0.768. The molecule has 0 amide bonds. The maximum atomic E-state index is 2.55. The molecule has 0 radical (unpaired) electrons. The first-order valence-electron chi connectivity index (χ1n) is 28.4. The zero-order chi connectivity index (χ0) is 54.4. The van der Waals surface area contributed by atoms with E-state index in [0.717, 1.165) is 33.8 Å². The topological polar surface area (TPSA) is 3.24 Å². The number of benzene rings is 14. The minimum Gasteiger partial charge on any atom is -0.309 e. The monoisotopic (exact) mass is 1040 g/mol. The molecule has 14 aromatic rings. The summed E-state index contributed by atoms with van der Waals surface area (Å²) in [5.41, 5.74) is 24.5. The molecule has 0 saturated carbocycles. The van der Waals surface area contributed by atoms with Crippen LogP contribution in [0.1, 0.15) is 22.3 Å². The van der Waals surface area contributed by atoms with Crippen LogP contribution in [0.25, 0.3) is 99.4 Å². The van der Waals surface area contributed by atoms with E-state index in [9.17, 15) is 0 Å². The van der Waals surface area contributed by atoms with E-state index >= 15 is 0 Å². The number of fused-ring (bicyclic) bond motifs is 6. The Bertz CT molecular complexity index is 4580. The summed E-state index contributed by atoms with van der Waals surface area (Å²) in [5.74, 6) is 0. The van der Waals surface area contributed by atoms with Crippen LogP contribution in [-0.2, 0) is 5.41 Å². The molecule has 0 unspecified atom stereocenters. The Hall–Kier alpha value is -10.6. The third-order valence-corrected chi connectivity index (χ3v) is 17.0. The van der Waals surface area contributed by atoms with Gasteiger partial charge in [0.05, 0.1) is 11.1 Å². The van der Waals surface area contributed by atoms with Crippen molar-refractivity contribution in [3.05, 3.63) is 356 Å². The first kappa shape index (κ1) is 48.5. The molecule has 1 nitrogen and oxygen atoms in total. The summed E-state index contributed by atoms with van der Waals surface area (Å²) in [5, 5.41) is 4.79. The molecule has 15 rings (SSSR count). The molecule has 384 valence electrons. The zero-order valence-corrected chi connectivity index (χ0v) is 45.2. The van der Waals surface area contributed by atoms with Crippen LogP contribution in [0.15, 0.2) is 334 Å². The van der Waals surface area contributed by atoms with Crippen molar-refractivity contribution in [1.29, 1.82) is 0 Å². The minimum atomic E-state index is -0.588. The van der Waals surface area contributed by atoms with Gasteiger partial charge in [-0.15, -0.1) is 0 Å². The summed E-state index contributed by atoms with van der Waals surface area (Å²) in [6.07, 6.45) is 0. The Labute approximate surface area is 480 Å². The number of hydrogen-bond acceptors (Lipinski definition) is 1. The second-order valence-corrected chi connectivity index (χ2v) is 21.5. The van der Waals surface area contributed by atoms with E-state index in [0.29, 0.717) is 0 Å². The van der Waals surface area contributed by atoms with Gasteiger partial charge in [0.25, 0.3) is 0 Å². The Kier molecular flexibility index (Phi) is 12.2. The molecule has 0 bridgehead atoms. The van der Waals surface area contributed by atoms with Gasteiger partial charge in [-0.2, -0.15) is 0 Å². The van der Waals surface area contributed by atoms with E-state index in [2.05, 4.69) is 339 Å². The van der Waals surface area contributed by atoms with Crippen molar-refractivity contribution >= 4 is 38.6 Å². The van der Waals surface area contributed by atoms with E-state index in [-0.39, 0.29) is 0 Å². The molecule has 0 heterocycles. The van der Waals surface area contributed by atoms with Crippen LogP contribution < -0.4 is 4.90 Å². The molecule has 0 spiro atoms. The first-order valence-corrected chi connectivity index (χ1v) is 28.4. The van der Waals surface area contributed by atoms with E-state index < -0.39 is 5.41 Å². The van der Waals surface area contributed by atoms with Crippen molar-refractivity contribution < 1.29 is 0 Å². The van der Waals surface area contributed by atoms with Crippen molar-refractivity contribution in [2.24, 2.45) is 0 Å². The van der Waals surface area contributed by atoms with E-state index in [1.54, 1.807) is 0 Å². The Morgan fingerprint density at radius 3 is 1.18 bits per heavy atom. The third-order valence-electron chi connectivity index (χ3n) is 17.0. The molecule has 0 atom stereocenters. The molecule has 1 aliphatic rings. The van der Waals surface area contributed by atoms with Crippen LogP contribution in [0.5, 0.6) is 0 Å². The van der Waals surface area contributed by atoms with Crippen LogP contribution in [0.2, 0.25) is 0 Å². The van der Waals surface area contributed by atoms with Gasteiger partial charge in [-0.25, -0.2) is 0 Å². The molecule has 0 fully saturated rings. The van der Waals surface area contributed by atoms with Gasteiger partial charge < -0.3 is 4.90 Å². The summed E-state index contributed by atoms with van der Waals surface area (Å²) in [7, 11) is 0. The summed E-state index contributed by atoms with van der Waals surface area (Å²) in [4.78, 5) is 2.55. The van der Waals surface area contributed by atoms with Crippen molar-refractivity contribution in [2.75, 3.05) is 4.90 Å². The number of hydrogen-bond donors (Lipinski definition) is 0. The van der Waals surface area contributed by atoms with Gasteiger partial charge in [0.15, 0.2) is 0 Å². The van der Waals surface area contributed by atoms with Crippen LogP contribution in [0.4, 0.5) is 17.1 Å². The predicted octanol–water partition coefficient (Wildman–Crippen LogP) is 21.8. The van der Waals surface area contributed by atoms with E-state index in [4.69, 9.17) is 0 Å². The maximum Gasteiger partial charge on any atom is 0.0714 e. The highest BCUT2D eigenvalue weighted by Crippen LogP contribution is 2.58. The molecule has 14 aromatic carbocycles. The average Bonchev–Trinajstić information content (AvgIpc) is 3.34. The fourth-order valence-corrected chi connectivity index (χ4v) is 13.2. The van der Waals surface area contributed by atoms with Gasteiger partial charge in [0.1, 0.15) is 0 Å². The molecule has 0 aromatic heterocycles. The SMILES string of the molecule is c1ccc(-c2cccc(-c3ccc(-c4ccc(N(c5ccc6c(c5)C(c5ccccc5)(c5ccccc5)c5ccccc5-6)c5c(-c6ccc(-c7ccccc7-c7ccccc7)cc6)c6ccccc6c6ccccc56)cc4)cc3)c2)cc1. The van der Waals surface area contributed by atoms with Crippen molar-refractivity contribution in [3.63, 3.8) is 0 Å². The summed E-state index contributed by atoms with van der Waals surface area (Å²) < 4.78 is 0. The lowest BCUT2D eigenvalue weighted by Gasteiger charge is -2.35. The van der Waals surface area contributed by atoms with Crippen LogP contribution in [0.3, 0.4) is 0 Å². The van der Waals surface area contributed by atoms with Gasteiger partial charge in [0.2, 0.25) is 0 Å². The van der Waals surface area contributed by atoms with Crippen molar-refractivity contribution in [1.82, 2.24) is 0 Å². The minimum absolute atomic E-state index is 0.588. The van der Waals surface area contributed by atoms with Crippen LogP contribution >= 0.6 is 0 Å².